The largest absolute Gasteiger partial charge is 0.378 e. The van der Waals surface area contributed by atoms with Crippen LogP contribution in [0, 0.1) is 0 Å². The molecule has 92 valence electrons. The second kappa shape index (κ2) is 5.85. The second-order valence-corrected chi connectivity index (χ2v) is 5.11. The van der Waals surface area contributed by atoms with Gasteiger partial charge in [-0.15, -0.1) is 11.6 Å². The van der Waals surface area contributed by atoms with Gasteiger partial charge in [-0.2, -0.15) is 0 Å². The van der Waals surface area contributed by atoms with Crippen LogP contribution in [0.1, 0.15) is 10.9 Å². The van der Waals surface area contributed by atoms with Crippen molar-refractivity contribution in [3.05, 3.63) is 34.3 Å². The molecule has 0 bridgehead atoms. The highest BCUT2D eigenvalue weighted by atomic mass is 79.9. The van der Waals surface area contributed by atoms with Gasteiger partial charge >= 0.3 is 0 Å². The zero-order valence-electron chi connectivity index (χ0n) is 9.23. The van der Waals surface area contributed by atoms with Crippen LogP contribution >= 0.6 is 27.5 Å². The van der Waals surface area contributed by atoms with Gasteiger partial charge in [-0.1, -0.05) is 34.1 Å². The van der Waals surface area contributed by atoms with Crippen LogP contribution in [0.4, 0.5) is 0 Å². The number of hydrogen-bond donors (Lipinski definition) is 0. The molecule has 1 aliphatic heterocycles. The van der Waals surface area contributed by atoms with Gasteiger partial charge in [0.1, 0.15) is 5.38 Å². The number of benzene rings is 1. The Balaban J connectivity index is 2.11. The Morgan fingerprint density at radius 3 is 2.65 bits per heavy atom. The summed E-state index contributed by atoms with van der Waals surface area (Å²) in [5.41, 5.74) is 0.811. The molecule has 1 aromatic carbocycles. The van der Waals surface area contributed by atoms with Crippen LogP contribution in [-0.4, -0.2) is 37.1 Å². The Labute approximate surface area is 114 Å². The SMILES string of the molecule is O=C(C(Cl)c1ccccc1Br)N1CCOCC1. The molecule has 1 aliphatic rings. The summed E-state index contributed by atoms with van der Waals surface area (Å²) in [6.45, 7) is 2.41. The van der Waals surface area contributed by atoms with Crippen LogP contribution in [-0.2, 0) is 9.53 Å². The minimum atomic E-state index is -0.635. The van der Waals surface area contributed by atoms with E-state index >= 15 is 0 Å². The van der Waals surface area contributed by atoms with Gasteiger partial charge in [0.05, 0.1) is 13.2 Å². The van der Waals surface area contributed by atoms with E-state index in [0.29, 0.717) is 26.3 Å². The molecule has 17 heavy (non-hydrogen) atoms. The second-order valence-electron chi connectivity index (χ2n) is 3.82. The maximum atomic E-state index is 12.2. The van der Waals surface area contributed by atoms with Gasteiger partial charge in [0, 0.05) is 17.6 Å². The van der Waals surface area contributed by atoms with Gasteiger partial charge in [0.25, 0.3) is 0 Å². The molecule has 1 saturated heterocycles. The number of alkyl halides is 1. The highest BCUT2D eigenvalue weighted by Gasteiger charge is 2.26. The Bertz CT molecular complexity index is 407. The van der Waals surface area contributed by atoms with E-state index in [1.54, 1.807) is 4.90 Å². The summed E-state index contributed by atoms with van der Waals surface area (Å²) < 4.78 is 6.08. The van der Waals surface area contributed by atoms with Gasteiger partial charge in [-0.3, -0.25) is 4.79 Å². The Morgan fingerprint density at radius 1 is 1.35 bits per heavy atom. The van der Waals surface area contributed by atoms with E-state index in [9.17, 15) is 4.79 Å². The summed E-state index contributed by atoms with van der Waals surface area (Å²) in [6.07, 6.45) is 0. The first kappa shape index (κ1) is 12.9. The van der Waals surface area contributed by atoms with E-state index in [-0.39, 0.29) is 5.91 Å². The molecular formula is C12H13BrClNO2. The lowest BCUT2D eigenvalue weighted by molar-refractivity contribution is -0.134. The first-order chi connectivity index (χ1) is 8.20. The molecule has 1 atom stereocenters. The average molecular weight is 319 g/mol. The van der Waals surface area contributed by atoms with Crippen molar-refractivity contribution in [3.63, 3.8) is 0 Å². The normalized spacial score (nSPS) is 17.9. The molecule has 0 N–H and O–H groups in total. The number of amides is 1. The van der Waals surface area contributed by atoms with Crippen molar-refractivity contribution in [3.8, 4) is 0 Å². The molecular weight excluding hydrogens is 305 g/mol. The van der Waals surface area contributed by atoms with Gasteiger partial charge in [-0.05, 0) is 11.6 Å². The number of hydrogen-bond acceptors (Lipinski definition) is 2. The van der Waals surface area contributed by atoms with Crippen molar-refractivity contribution in [2.24, 2.45) is 0 Å². The number of carbonyl (C=O) groups excluding carboxylic acids is 1. The van der Waals surface area contributed by atoms with Crippen molar-refractivity contribution in [1.82, 2.24) is 4.90 Å². The molecule has 0 aliphatic carbocycles. The van der Waals surface area contributed by atoms with E-state index in [1.807, 2.05) is 24.3 Å². The number of nitrogens with zero attached hydrogens (tertiary/aromatic N) is 1. The van der Waals surface area contributed by atoms with Gasteiger partial charge in [0.2, 0.25) is 5.91 Å². The van der Waals surface area contributed by atoms with Gasteiger partial charge < -0.3 is 9.64 Å². The molecule has 1 unspecified atom stereocenters. The fourth-order valence-corrected chi connectivity index (χ4v) is 2.73. The lowest BCUT2D eigenvalue weighted by Crippen LogP contribution is -2.42. The molecule has 0 radical (unpaired) electrons. The summed E-state index contributed by atoms with van der Waals surface area (Å²) >= 11 is 9.64. The highest BCUT2D eigenvalue weighted by molar-refractivity contribution is 9.10. The van der Waals surface area contributed by atoms with E-state index in [1.165, 1.54) is 0 Å². The highest BCUT2D eigenvalue weighted by Crippen LogP contribution is 2.29. The first-order valence-corrected chi connectivity index (χ1v) is 6.68. The maximum Gasteiger partial charge on any atom is 0.245 e. The number of carbonyl (C=O) groups is 1. The molecule has 2 rings (SSSR count). The van der Waals surface area contributed by atoms with E-state index in [4.69, 9.17) is 16.3 Å². The maximum absolute atomic E-state index is 12.2. The van der Waals surface area contributed by atoms with Crippen molar-refractivity contribution in [2.45, 2.75) is 5.38 Å². The first-order valence-electron chi connectivity index (χ1n) is 5.45. The fourth-order valence-electron chi connectivity index (χ4n) is 1.76. The Morgan fingerprint density at radius 2 is 2.00 bits per heavy atom. The quantitative estimate of drug-likeness (QED) is 0.785. The van der Waals surface area contributed by atoms with Crippen LogP contribution in [0.25, 0.3) is 0 Å². The van der Waals surface area contributed by atoms with Crippen molar-refractivity contribution < 1.29 is 9.53 Å². The van der Waals surface area contributed by atoms with Crippen LogP contribution in [0.15, 0.2) is 28.7 Å². The molecule has 1 aromatic rings. The summed E-state index contributed by atoms with van der Waals surface area (Å²) in [5.74, 6) is -0.0538. The molecule has 0 aromatic heterocycles. The number of morpholine rings is 1. The van der Waals surface area contributed by atoms with E-state index < -0.39 is 5.38 Å². The minimum absolute atomic E-state index is 0.0538. The number of rotatable bonds is 2. The van der Waals surface area contributed by atoms with Crippen LogP contribution < -0.4 is 0 Å². The number of ether oxygens (including phenoxy) is 1. The molecule has 1 amide bonds. The van der Waals surface area contributed by atoms with Crippen molar-refractivity contribution in [1.29, 1.82) is 0 Å². The lowest BCUT2D eigenvalue weighted by Gasteiger charge is -2.28. The van der Waals surface area contributed by atoms with Crippen LogP contribution in [0.5, 0.6) is 0 Å². The van der Waals surface area contributed by atoms with Crippen molar-refractivity contribution >= 4 is 33.4 Å². The predicted molar refractivity (Wildman–Crippen MR) is 70.1 cm³/mol. The topological polar surface area (TPSA) is 29.5 Å². The average Bonchev–Trinajstić information content (AvgIpc) is 2.39. The van der Waals surface area contributed by atoms with Gasteiger partial charge in [0.15, 0.2) is 0 Å². The van der Waals surface area contributed by atoms with E-state index in [2.05, 4.69) is 15.9 Å². The molecule has 0 spiro atoms. The molecule has 1 heterocycles. The summed E-state index contributed by atoms with van der Waals surface area (Å²) in [7, 11) is 0. The fraction of sp³-hybridized carbons (Fsp3) is 0.417. The molecule has 3 nitrogen and oxygen atoms in total. The third-order valence-electron chi connectivity index (χ3n) is 2.72. The Hall–Kier alpha value is -0.580. The third kappa shape index (κ3) is 3.00. The summed E-state index contributed by atoms with van der Waals surface area (Å²) in [5, 5.41) is -0.635. The summed E-state index contributed by atoms with van der Waals surface area (Å²) in [4.78, 5) is 13.9. The van der Waals surface area contributed by atoms with Crippen molar-refractivity contribution in [2.75, 3.05) is 26.3 Å². The minimum Gasteiger partial charge on any atom is -0.378 e. The monoisotopic (exact) mass is 317 g/mol. The number of halogens is 2. The summed E-state index contributed by atoms with van der Waals surface area (Å²) in [6, 6.07) is 7.52. The molecule has 0 saturated carbocycles. The van der Waals surface area contributed by atoms with Crippen LogP contribution in [0.3, 0.4) is 0 Å². The molecule has 5 heteroatoms. The van der Waals surface area contributed by atoms with E-state index in [0.717, 1.165) is 10.0 Å². The molecule has 1 fully saturated rings. The van der Waals surface area contributed by atoms with Gasteiger partial charge in [-0.25, -0.2) is 0 Å². The standard InChI is InChI=1S/C12H13BrClNO2/c13-10-4-2-1-3-9(10)11(14)12(16)15-5-7-17-8-6-15/h1-4,11H,5-8H2. The smallest absolute Gasteiger partial charge is 0.245 e. The zero-order valence-corrected chi connectivity index (χ0v) is 11.6. The predicted octanol–water partition coefficient (Wildman–Crippen LogP) is 2.59. The lowest BCUT2D eigenvalue weighted by atomic mass is 10.1. The van der Waals surface area contributed by atoms with Crippen LogP contribution in [0.2, 0.25) is 0 Å². The zero-order chi connectivity index (χ0) is 12.3. The third-order valence-corrected chi connectivity index (χ3v) is 3.86. The Kier molecular flexibility index (Phi) is 4.42.